The molecular weight excluding hydrogens is 234 g/mol. The molecule has 1 aliphatic heterocycles. The van der Waals surface area contributed by atoms with Crippen LogP contribution >= 0.6 is 0 Å². The molecule has 19 heavy (non-hydrogen) atoms. The summed E-state index contributed by atoms with van der Waals surface area (Å²) in [6, 6.07) is 13.6. The smallest absolute Gasteiger partial charge is 0.0641 e. The summed E-state index contributed by atoms with van der Waals surface area (Å²) in [6.07, 6.45) is 0.575. The third kappa shape index (κ3) is 3.56. The van der Waals surface area contributed by atoms with E-state index in [1.54, 1.807) is 0 Å². The minimum atomic E-state index is 0.250. The van der Waals surface area contributed by atoms with Gasteiger partial charge in [0.05, 0.1) is 12.5 Å². The summed E-state index contributed by atoms with van der Waals surface area (Å²) >= 11 is 0. The predicted octanol–water partition coefficient (Wildman–Crippen LogP) is 2.67. The molecule has 3 nitrogen and oxygen atoms in total. The van der Waals surface area contributed by atoms with Crippen molar-refractivity contribution in [1.82, 2.24) is 9.80 Å². The highest BCUT2D eigenvalue weighted by molar-refractivity contribution is 5.20. The molecule has 3 heteroatoms. The van der Waals surface area contributed by atoms with E-state index < -0.39 is 0 Å². The summed E-state index contributed by atoms with van der Waals surface area (Å²) in [5, 5.41) is 9.08. The summed E-state index contributed by atoms with van der Waals surface area (Å²) in [5.41, 5.74) is 1.27. The van der Waals surface area contributed by atoms with Crippen molar-refractivity contribution < 1.29 is 0 Å². The Hall–Kier alpha value is -1.37. The molecule has 0 radical (unpaired) electrons. The zero-order valence-electron chi connectivity index (χ0n) is 11.9. The van der Waals surface area contributed by atoms with Crippen molar-refractivity contribution >= 4 is 0 Å². The van der Waals surface area contributed by atoms with E-state index in [-0.39, 0.29) is 6.04 Å². The highest BCUT2D eigenvalue weighted by Crippen LogP contribution is 2.25. The first kappa shape index (κ1) is 14.0. The first-order valence-electron chi connectivity index (χ1n) is 7.12. The molecule has 2 rings (SSSR count). The molecule has 0 bridgehead atoms. The van der Waals surface area contributed by atoms with Gasteiger partial charge in [-0.05, 0) is 19.4 Å². The van der Waals surface area contributed by atoms with Crippen LogP contribution in [0.3, 0.4) is 0 Å². The topological polar surface area (TPSA) is 30.3 Å². The zero-order valence-corrected chi connectivity index (χ0v) is 11.9. The molecule has 1 aliphatic rings. The van der Waals surface area contributed by atoms with E-state index in [1.165, 1.54) is 5.56 Å². The molecule has 0 spiro atoms. The van der Waals surface area contributed by atoms with Gasteiger partial charge in [-0.1, -0.05) is 30.3 Å². The zero-order chi connectivity index (χ0) is 13.7. The molecule has 1 aromatic rings. The van der Waals surface area contributed by atoms with Crippen molar-refractivity contribution in [3.63, 3.8) is 0 Å². The van der Waals surface area contributed by atoms with Gasteiger partial charge in [-0.2, -0.15) is 5.26 Å². The first-order chi connectivity index (χ1) is 9.22. The highest BCUT2D eigenvalue weighted by Gasteiger charge is 2.25. The quantitative estimate of drug-likeness (QED) is 0.830. The van der Waals surface area contributed by atoms with Gasteiger partial charge in [-0.3, -0.25) is 9.80 Å². The Morgan fingerprint density at radius 3 is 2.16 bits per heavy atom. The number of nitrogens with zero attached hydrogens (tertiary/aromatic N) is 3. The number of benzene rings is 1. The fraction of sp³-hybridized carbons (Fsp3) is 0.562. The fourth-order valence-electron chi connectivity index (χ4n) is 2.78. The Morgan fingerprint density at radius 2 is 1.63 bits per heavy atom. The molecule has 1 saturated heterocycles. The largest absolute Gasteiger partial charge is 0.298 e. The summed E-state index contributed by atoms with van der Waals surface area (Å²) < 4.78 is 0. The van der Waals surface area contributed by atoms with E-state index >= 15 is 0 Å². The predicted molar refractivity (Wildman–Crippen MR) is 77.7 cm³/mol. The van der Waals surface area contributed by atoms with Crippen molar-refractivity contribution in [2.75, 3.05) is 26.2 Å². The van der Waals surface area contributed by atoms with E-state index in [4.69, 9.17) is 5.26 Å². The lowest BCUT2D eigenvalue weighted by molar-refractivity contribution is 0.0790. The van der Waals surface area contributed by atoms with Crippen LogP contribution in [0.15, 0.2) is 30.3 Å². The molecule has 1 aromatic carbocycles. The minimum Gasteiger partial charge on any atom is -0.298 e. The molecule has 1 atom stereocenters. The number of hydrogen-bond donors (Lipinski definition) is 0. The molecule has 0 aliphatic carbocycles. The van der Waals surface area contributed by atoms with Gasteiger partial charge in [0.15, 0.2) is 0 Å². The average Bonchev–Trinajstić information content (AvgIpc) is 2.46. The Balaban J connectivity index is 2.04. The highest BCUT2D eigenvalue weighted by atomic mass is 15.3. The normalized spacial score (nSPS) is 19.3. The van der Waals surface area contributed by atoms with E-state index in [0.29, 0.717) is 12.5 Å². The standard InChI is InChI=1S/C16H23N3/c1-14(2)18-10-12-19(13-11-18)16(8-9-17)15-6-4-3-5-7-15/h3-7,14,16H,8,10-13H2,1-2H3. The van der Waals surface area contributed by atoms with Crippen LogP contribution in [-0.4, -0.2) is 42.0 Å². The number of piperazine rings is 1. The summed E-state index contributed by atoms with van der Waals surface area (Å²) in [6.45, 7) is 8.82. The summed E-state index contributed by atoms with van der Waals surface area (Å²) in [7, 11) is 0. The maximum absolute atomic E-state index is 9.08. The van der Waals surface area contributed by atoms with Crippen LogP contribution in [0, 0.1) is 11.3 Å². The van der Waals surface area contributed by atoms with Gasteiger partial charge in [0, 0.05) is 38.3 Å². The van der Waals surface area contributed by atoms with Gasteiger partial charge in [0.2, 0.25) is 0 Å². The summed E-state index contributed by atoms with van der Waals surface area (Å²) in [5.74, 6) is 0. The second-order valence-electron chi connectivity index (χ2n) is 5.45. The van der Waals surface area contributed by atoms with E-state index in [9.17, 15) is 0 Å². The van der Waals surface area contributed by atoms with Gasteiger partial charge < -0.3 is 0 Å². The number of hydrogen-bond acceptors (Lipinski definition) is 3. The van der Waals surface area contributed by atoms with Crippen LogP contribution in [-0.2, 0) is 0 Å². The molecule has 102 valence electrons. The van der Waals surface area contributed by atoms with Crippen molar-refractivity contribution in [3.8, 4) is 6.07 Å². The number of nitriles is 1. The van der Waals surface area contributed by atoms with Crippen molar-refractivity contribution in [3.05, 3.63) is 35.9 Å². The lowest BCUT2D eigenvalue weighted by Crippen LogP contribution is -2.49. The lowest BCUT2D eigenvalue weighted by atomic mass is 10.0. The Kier molecular flexibility index (Phi) is 4.95. The van der Waals surface area contributed by atoms with Crippen molar-refractivity contribution in [1.29, 1.82) is 5.26 Å². The average molecular weight is 257 g/mol. The SMILES string of the molecule is CC(C)N1CCN(C(CC#N)c2ccccc2)CC1. The summed E-state index contributed by atoms with van der Waals surface area (Å²) in [4.78, 5) is 4.96. The van der Waals surface area contributed by atoms with Gasteiger partial charge in [0.1, 0.15) is 0 Å². The second kappa shape index (κ2) is 6.70. The van der Waals surface area contributed by atoms with E-state index in [1.807, 2.05) is 6.07 Å². The molecule has 1 fully saturated rings. The van der Waals surface area contributed by atoms with Gasteiger partial charge in [-0.15, -0.1) is 0 Å². The molecular formula is C16H23N3. The van der Waals surface area contributed by atoms with Gasteiger partial charge >= 0.3 is 0 Å². The van der Waals surface area contributed by atoms with E-state index in [2.05, 4.69) is 54.0 Å². The molecule has 1 heterocycles. The van der Waals surface area contributed by atoms with Crippen LogP contribution in [0.1, 0.15) is 31.9 Å². The Morgan fingerprint density at radius 1 is 1.05 bits per heavy atom. The molecule has 0 amide bonds. The Bertz CT molecular complexity index is 413. The fourth-order valence-corrected chi connectivity index (χ4v) is 2.78. The van der Waals surface area contributed by atoms with Crippen LogP contribution in [0.25, 0.3) is 0 Å². The van der Waals surface area contributed by atoms with Crippen LogP contribution in [0.2, 0.25) is 0 Å². The van der Waals surface area contributed by atoms with Crippen LogP contribution < -0.4 is 0 Å². The minimum absolute atomic E-state index is 0.250. The first-order valence-corrected chi connectivity index (χ1v) is 7.12. The second-order valence-corrected chi connectivity index (χ2v) is 5.45. The maximum atomic E-state index is 9.08. The monoisotopic (exact) mass is 257 g/mol. The van der Waals surface area contributed by atoms with Gasteiger partial charge in [-0.25, -0.2) is 0 Å². The van der Waals surface area contributed by atoms with Crippen LogP contribution in [0.5, 0.6) is 0 Å². The van der Waals surface area contributed by atoms with Crippen molar-refractivity contribution in [2.45, 2.75) is 32.4 Å². The lowest BCUT2D eigenvalue weighted by Gasteiger charge is -2.40. The van der Waals surface area contributed by atoms with Crippen LogP contribution in [0.4, 0.5) is 0 Å². The van der Waals surface area contributed by atoms with Crippen molar-refractivity contribution in [2.24, 2.45) is 0 Å². The Labute approximate surface area is 116 Å². The maximum Gasteiger partial charge on any atom is 0.0641 e. The molecule has 0 N–H and O–H groups in total. The van der Waals surface area contributed by atoms with E-state index in [0.717, 1.165) is 26.2 Å². The third-order valence-electron chi connectivity index (χ3n) is 3.99. The molecule has 0 saturated carbocycles. The molecule has 0 aromatic heterocycles. The van der Waals surface area contributed by atoms with Gasteiger partial charge in [0.25, 0.3) is 0 Å². The number of rotatable bonds is 4. The third-order valence-corrected chi connectivity index (χ3v) is 3.99. The molecule has 1 unspecified atom stereocenters.